The van der Waals surface area contributed by atoms with Gasteiger partial charge in [0.15, 0.2) is 5.96 Å². The van der Waals surface area contributed by atoms with Crippen LogP contribution in [0.1, 0.15) is 11.1 Å². The van der Waals surface area contributed by atoms with Gasteiger partial charge < -0.3 is 15.4 Å². The molecule has 4 heteroatoms. The van der Waals surface area contributed by atoms with Gasteiger partial charge in [0.25, 0.3) is 0 Å². The van der Waals surface area contributed by atoms with Crippen LogP contribution in [0, 0.1) is 0 Å². The van der Waals surface area contributed by atoms with Crippen molar-refractivity contribution in [3.63, 3.8) is 0 Å². The fourth-order valence-corrected chi connectivity index (χ4v) is 2.31. The molecule has 0 bridgehead atoms. The summed E-state index contributed by atoms with van der Waals surface area (Å²) in [6.45, 7) is 5.67. The SMILES string of the molecule is C=CCOc1ccccc1CNC(=NC)NCCc1ccccc1. The smallest absolute Gasteiger partial charge is 0.191 e. The molecule has 0 radical (unpaired) electrons. The standard InChI is InChI=1S/C20H25N3O/c1-3-15-24-19-12-8-7-11-18(19)16-23-20(21-2)22-14-13-17-9-5-4-6-10-17/h3-12H,1,13-16H2,2H3,(H2,21,22,23). The van der Waals surface area contributed by atoms with E-state index in [2.05, 4.69) is 46.5 Å². The molecule has 4 nitrogen and oxygen atoms in total. The van der Waals surface area contributed by atoms with Gasteiger partial charge in [0.1, 0.15) is 12.4 Å². The van der Waals surface area contributed by atoms with E-state index in [0.717, 1.165) is 30.2 Å². The Hall–Kier alpha value is -2.75. The Bertz CT molecular complexity index is 653. The second-order valence-corrected chi connectivity index (χ2v) is 5.30. The molecule has 0 aliphatic carbocycles. The normalized spacial score (nSPS) is 11.0. The minimum atomic E-state index is 0.501. The van der Waals surface area contributed by atoms with Gasteiger partial charge in [-0.15, -0.1) is 0 Å². The van der Waals surface area contributed by atoms with Crippen LogP contribution in [0.5, 0.6) is 5.75 Å². The first-order chi connectivity index (χ1) is 11.8. The van der Waals surface area contributed by atoms with Crippen molar-refractivity contribution in [1.29, 1.82) is 0 Å². The summed E-state index contributed by atoms with van der Waals surface area (Å²) in [5, 5.41) is 6.65. The topological polar surface area (TPSA) is 45.6 Å². The van der Waals surface area contributed by atoms with E-state index in [9.17, 15) is 0 Å². The average Bonchev–Trinajstić information content (AvgIpc) is 2.64. The second-order valence-electron chi connectivity index (χ2n) is 5.30. The third kappa shape index (κ3) is 5.80. The van der Waals surface area contributed by atoms with E-state index in [4.69, 9.17) is 4.74 Å². The van der Waals surface area contributed by atoms with Crippen molar-refractivity contribution in [2.75, 3.05) is 20.2 Å². The van der Waals surface area contributed by atoms with Crippen LogP contribution < -0.4 is 15.4 Å². The number of nitrogens with one attached hydrogen (secondary N) is 2. The van der Waals surface area contributed by atoms with E-state index < -0.39 is 0 Å². The van der Waals surface area contributed by atoms with Crippen LogP contribution in [0.4, 0.5) is 0 Å². The molecule has 2 aromatic carbocycles. The molecule has 2 rings (SSSR count). The predicted molar refractivity (Wildman–Crippen MR) is 100 cm³/mol. The van der Waals surface area contributed by atoms with E-state index in [0.29, 0.717) is 13.2 Å². The number of benzene rings is 2. The highest BCUT2D eigenvalue weighted by molar-refractivity contribution is 5.79. The van der Waals surface area contributed by atoms with Gasteiger partial charge in [-0.1, -0.05) is 61.2 Å². The molecule has 126 valence electrons. The van der Waals surface area contributed by atoms with Gasteiger partial charge in [0.2, 0.25) is 0 Å². The van der Waals surface area contributed by atoms with Gasteiger partial charge >= 0.3 is 0 Å². The zero-order chi connectivity index (χ0) is 17.0. The molecular formula is C20H25N3O. The van der Waals surface area contributed by atoms with Crippen LogP contribution in [-0.4, -0.2) is 26.2 Å². The number of para-hydroxylation sites is 1. The van der Waals surface area contributed by atoms with Crippen LogP contribution in [-0.2, 0) is 13.0 Å². The number of aliphatic imine (C=N–C) groups is 1. The Kier molecular flexibility index (Phi) is 7.41. The number of guanidine groups is 1. The fraction of sp³-hybridized carbons (Fsp3) is 0.250. The van der Waals surface area contributed by atoms with Crippen LogP contribution in [0.25, 0.3) is 0 Å². The average molecular weight is 323 g/mol. The molecule has 0 aliphatic rings. The molecule has 24 heavy (non-hydrogen) atoms. The number of nitrogens with zero attached hydrogens (tertiary/aromatic N) is 1. The van der Waals surface area contributed by atoms with E-state index in [1.807, 2.05) is 30.3 Å². The Morgan fingerprint density at radius 2 is 1.83 bits per heavy atom. The number of ether oxygens (including phenoxy) is 1. The lowest BCUT2D eigenvalue weighted by molar-refractivity contribution is 0.358. The summed E-state index contributed by atoms with van der Waals surface area (Å²) in [7, 11) is 1.78. The lowest BCUT2D eigenvalue weighted by Crippen LogP contribution is -2.37. The van der Waals surface area contributed by atoms with Crippen molar-refractivity contribution < 1.29 is 4.74 Å². The molecular weight excluding hydrogens is 298 g/mol. The summed E-state index contributed by atoms with van der Waals surface area (Å²) in [6.07, 6.45) is 2.70. The highest BCUT2D eigenvalue weighted by Gasteiger charge is 2.04. The summed E-state index contributed by atoms with van der Waals surface area (Å²) in [4.78, 5) is 4.26. The molecule has 0 spiro atoms. The zero-order valence-corrected chi connectivity index (χ0v) is 14.2. The van der Waals surface area contributed by atoms with E-state index in [-0.39, 0.29) is 0 Å². The monoisotopic (exact) mass is 323 g/mol. The molecule has 0 aromatic heterocycles. The van der Waals surface area contributed by atoms with Crippen LogP contribution in [0.3, 0.4) is 0 Å². The van der Waals surface area contributed by atoms with E-state index in [1.54, 1.807) is 13.1 Å². The maximum absolute atomic E-state index is 5.67. The highest BCUT2D eigenvalue weighted by atomic mass is 16.5. The molecule has 2 N–H and O–H groups in total. The summed E-state index contributed by atoms with van der Waals surface area (Å²) in [5.74, 6) is 1.65. The van der Waals surface area contributed by atoms with Crippen LogP contribution in [0.15, 0.2) is 72.2 Å². The van der Waals surface area contributed by atoms with Gasteiger partial charge in [-0.05, 0) is 18.1 Å². The van der Waals surface area contributed by atoms with Crippen molar-refractivity contribution in [2.45, 2.75) is 13.0 Å². The van der Waals surface area contributed by atoms with Crippen molar-refractivity contribution in [3.8, 4) is 5.75 Å². The molecule has 0 saturated heterocycles. The van der Waals surface area contributed by atoms with Gasteiger partial charge in [0, 0.05) is 25.7 Å². The fourth-order valence-electron chi connectivity index (χ4n) is 2.31. The van der Waals surface area contributed by atoms with Crippen molar-refractivity contribution >= 4 is 5.96 Å². The van der Waals surface area contributed by atoms with Crippen molar-refractivity contribution in [3.05, 3.63) is 78.4 Å². The Morgan fingerprint density at radius 3 is 2.58 bits per heavy atom. The minimum Gasteiger partial charge on any atom is -0.489 e. The lowest BCUT2D eigenvalue weighted by atomic mass is 10.1. The lowest BCUT2D eigenvalue weighted by Gasteiger charge is -2.14. The second kappa shape index (κ2) is 10.1. The number of hydrogen-bond acceptors (Lipinski definition) is 2. The largest absolute Gasteiger partial charge is 0.489 e. The Morgan fingerprint density at radius 1 is 1.08 bits per heavy atom. The Labute approximate surface area is 144 Å². The summed E-state index contributed by atoms with van der Waals surface area (Å²) < 4.78 is 5.67. The van der Waals surface area contributed by atoms with Gasteiger partial charge in [-0.3, -0.25) is 4.99 Å². The minimum absolute atomic E-state index is 0.501. The van der Waals surface area contributed by atoms with Crippen molar-refractivity contribution in [2.24, 2.45) is 4.99 Å². The molecule has 0 heterocycles. The predicted octanol–water partition coefficient (Wildman–Crippen LogP) is 3.16. The summed E-state index contributed by atoms with van der Waals surface area (Å²) >= 11 is 0. The first-order valence-corrected chi connectivity index (χ1v) is 8.13. The Balaban J connectivity index is 1.82. The molecule has 0 fully saturated rings. The van der Waals surface area contributed by atoms with Crippen molar-refractivity contribution in [1.82, 2.24) is 10.6 Å². The molecule has 0 unspecified atom stereocenters. The maximum atomic E-state index is 5.67. The third-order valence-electron chi connectivity index (χ3n) is 3.55. The maximum Gasteiger partial charge on any atom is 0.191 e. The first kappa shape index (κ1) is 17.6. The highest BCUT2D eigenvalue weighted by Crippen LogP contribution is 2.17. The number of rotatable bonds is 8. The first-order valence-electron chi connectivity index (χ1n) is 8.13. The summed E-state index contributed by atoms with van der Waals surface area (Å²) in [6, 6.07) is 18.4. The quantitative estimate of drug-likeness (QED) is 0.446. The molecule has 0 atom stereocenters. The molecule has 0 amide bonds. The zero-order valence-electron chi connectivity index (χ0n) is 14.2. The van der Waals surface area contributed by atoms with E-state index >= 15 is 0 Å². The van der Waals surface area contributed by atoms with Crippen LogP contribution in [0.2, 0.25) is 0 Å². The van der Waals surface area contributed by atoms with Crippen LogP contribution >= 0.6 is 0 Å². The molecule has 0 aliphatic heterocycles. The molecule has 2 aromatic rings. The van der Waals surface area contributed by atoms with E-state index in [1.165, 1.54) is 5.56 Å². The molecule has 0 saturated carbocycles. The van der Waals surface area contributed by atoms with Gasteiger partial charge in [-0.25, -0.2) is 0 Å². The van der Waals surface area contributed by atoms with Gasteiger partial charge in [0.05, 0.1) is 0 Å². The number of hydrogen-bond donors (Lipinski definition) is 2. The van der Waals surface area contributed by atoms with Gasteiger partial charge in [-0.2, -0.15) is 0 Å². The third-order valence-corrected chi connectivity index (χ3v) is 3.55. The summed E-state index contributed by atoms with van der Waals surface area (Å²) in [5.41, 5.74) is 2.40.